The smallest absolute Gasteiger partial charge is 0.237 e. The Morgan fingerprint density at radius 1 is 1.25 bits per heavy atom. The van der Waals surface area contributed by atoms with E-state index in [1.807, 2.05) is 0 Å². The molecule has 28 heavy (non-hydrogen) atoms. The summed E-state index contributed by atoms with van der Waals surface area (Å²) in [5.74, 6) is 1.30. The third-order valence-electron chi connectivity index (χ3n) is 7.45. The van der Waals surface area contributed by atoms with Crippen LogP contribution in [0.3, 0.4) is 0 Å². The van der Waals surface area contributed by atoms with Gasteiger partial charge in [-0.3, -0.25) is 9.89 Å². The molecule has 0 aromatic carbocycles. The monoisotopic (exact) mass is 376 g/mol. The molecule has 2 fully saturated rings. The van der Waals surface area contributed by atoms with Gasteiger partial charge >= 0.3 is 0 Å². The van der Waals surface area contributed by atoms with Gasteiger partial charge in [-0.15, -0.1) is 0 Å². The molecule has 1 aromatic heterocycles. The molecule has 1 amide bonds. The Hall–Kier alpha value is -2.30. The van der Waals surface area contributed by atoms with Crippen LogP contribution in [-0.2, 0) is 11.2 Å². The highest BCUT2D eigenvalue weighted by atomic mass is 16.2. The average Bonchev–Trinajstić information content (AvgIpc) is 3.33. The molecule has 1 saturated carbocycles. The summed E-state index contributed by atoms with van der Waals surface area (Å²) in [7, 11) is 0. The minimum absolute atomic E-state index is 0.236. The van der Waals surface area contributed by atoms with E-state index in [9.17, 15) is 4.79 Å². The van der Waals surface area contributed by atoms with Gasteiger partial charge in [0.15, 0.2) is 0 Å². The predicted molar refractivity (Wildman–Crippen MR) is 108 cm³/mol. The zero-order valence-electron chi connectivity index (χ0n) is 16.9. The number of carbonyl (C=O) groups excluding carboxylic acids is 1. The Balaban J connectivity index is 1.44. The molecule has 2 atom stereocenters. The first-order chi connectivity index (χ1) is 13.4. The van der Waals surface area contributed by atoms with Gasteiger partial charge in [-0.05, 0) is 69.9 Å². The van der Waals surface area contributed by atoms with Crippen LogP contribution >= 0.6 is 0 Å². The zero-order chi connectivity index (χ0) is 19.2. The highest BCUT2D eigenvalue weighted by molar-refractivity contribution is 5.94. The summed E-state index contributed by atoms with van der Waals surface area (Å²) < 4.78 is 0. The van der Waals surface area contributed by atoms with Gasteiger partial charge < -0.3 is 10.2 Å². The molecule has 0 spiro atoms. The molecule has 1 saturated heterocycles. The number of nitrogens with zero attached hydrogens (tertiary/aromatic N) is 2. The second-order valence-corrected chi connectivity index (χ2v) is 9.74. The number of rotatable bonds is 2. The molecule has 0 radical (unpaired) electrons. The van der Waals surface area contributed by atoms with Crippen molar-refractivity contribution >= 4 is 11.6 Å². The van der Waals surface area contributed by atoms with Crippen molar-refractivity contribution in [3.63, 3.8) is 0 Å². The summed E-state index contributed by atoms with van der Waals surface area (Å²) >= 11 is 0. The van der Waals surface area contributed by atoms with E-state index in [1.165, 1.54) is 46.6 Å². The molecule has 5 heteroatoms. The molecule has 5 nitrogen and oxygen atoms in total. The molecular formula is C23H28N4O. The maximum absolute atomic E-state index is 13.2. The van der Waals surface area contributed by atoms with Gasteiger partial charge in [-0.2, -0.15) is 5.10 Å². The first-order valence-electron chi connectivity index (χ1n) is 10.8. The van der Waals surface area contributed by atoms with Crippen molar-refractivity contribution in [1.29, 1.82) is 0 Å². The Morgan fingerprint density at radius 2 is 2.07 bits per heavy atom. The Kier molecular flexibility index (Phi) is 3.21. The minimum Gasteiger partial charge on any atom is -0.376 e. The lowest BCUT2D eigenvalue weighted by atomic mass is 9.78. The molecule has 146 valence electrons. The number of hydrogen-bond acceptors (Lipinski definition) is 3. The van der Waals surface area contributed by atoms with Crippen LogP contribution in [-0.4, -0.2) is 33.6 Å². The molecule has 6 rings (SSSR count). The Labute approximate surface area is 166 Å². The summed E-state index contributed by atoms with van der Waals surface area (Å²) in [6, 6.07) is 0.236. The van der Waals surface area contributed by atoms with E-state index in [1.54, 1.807) is 0 Å². The summed E-state index contributed by atoms with van der Waals surface area (Å²) in [5.41, 5.74) is 8.34. The second kappa shape index (κ2) is 5.40. The van der Waals surface area contributed by atoms with Crippen LogP contribution in [0, 0.1) is 24.2 Å². The number of aryl methyl sites for hydroxylation is 1. The van der Waals surface area contributed by atoms with E-state index < -0.39 is 5.41 Å². The van der Waals surface area contributed by atoms with Crippen LogP contribution in [0.2, 0.25) is 0 Å². The fourth-order valence-electron chi connectivity index (χ4n) is 5.61. The maximum atomic E-state index is 13.2. The summed E-state index contributed by atoms with van der Waals surface area (Å²) in [6.07, 6.45) is 10.6. The van der Waals surface area contributed by atoms with Crippen molar-refractivity contribution in [2.75, 3.05) is 6.54 Å². The van der Waals surface area contributed by atoms with Crippen LogP contribution < -0.4 is 5.32 Å². The molecule has 5 aliphatic rings. The number of fused-ring (bicyclic) bond motifs is 5. The van der Waals surface area contributed by atoms with Crippen LogP contribution in [0.25, 0.3) is 5.70 Å². The number of aromatic amines is 1. The first-order valence-corrected chi connectivity index (χ1v) is 10.8. The summed E-state index contributed by atoms with van der Waals surface area (Å²) in [6.45, 7) is 7.19. The van der Waals surface area contributed by atoms with E-state index in [4.69, 9.17) is 0 Å². The van der Waals surface area contributed by atoms with E-state index >= 15 is 0 Å². The topological polar surface area (TPSA) is 61.0 Å². The number of likely N-dealkylation sites (tertiary alicyclic amines) is 1. The maximum Gasteiger partial charge on any atom is 0.237 e. The average molecular weight is 377 g/mol. The SMILES string of the molecule is Cc1[nH]nc2c1CCCC1=C2NC2C=C3C(=CC12)N(CC1CC1)C(=O)C3(C)C. The number of allylic oxidation sites excluding steroid dienone is 1. The third-order valence-corrected chi connectivity index (χ3v) is 7.45. The van der Waals surface area contributed by atoms with Gasteiger partial charge in [0.1, 0.15) is 5.69 Å². The zero-order valence-corrected chi connectivity index (χ0v) is 16.9. The highest BCUT2D eigenvalue weighted by Crippen LogP contribution is 2.51. The van der Waals surface area contributed by atoms with Crippen molar-refractivity contribution in [1.82, 2.24) is 20.4 Å². The Bertz CT molecular complexity index is 988. The molecule has 2 aliphatic heterocycles. The number of hydrogen-bond donors (Lipinski definition) is 2. The largest absolute Gasteiger partial charge is 0.376 e. The van der Waals surface area contributed by atoms with Gasteiger partial charge in [0.2, 0.25) is 5.91 Å². The molecule has 2 unspecified atom stereocenters. The normalized spacial score (nSPS) is 30.1. The van der Waals surface area contributed by atoms with E-state index in [2.05, 4.69) is 53.3 Å². The van der Waals surface area contributed by atoms with Gasteiger partial charge in [0, 0.05) is 29.4 Å². The van der Waals surface area contributed by atoms with Crippen molar-refractivity contribution in [2.45, 2.75) is 58.9 Å². The van der Waals surface area contributed by atoms with Gasteiger partial charge in [-0.1, -0.05) is 12.2 Å². The van der Waals surface area contributed by atoms with Crippen molar-refractivity contribution in [3.05, 3.63) is 45.9 Å². The van der Waals surface area contributed by atoms with Crippen molar-refractivity contribution < 1.29 is 4.79 Å². The van der Waals surface area contributed by atoms with Crippen LogP contribution in [0.5, 0.6) is 0 Å². The lowest BCUT2D eigenvalue weighted by molar-refractivity contribution is -0.133. The molecule has 1 aromatic rings. The lowest BCUT2D eigenvalue weighted by Crippen LogP contribution is -2.32. The molecule has 3 aliphatic carbocycles. The fourth-order valence-corrected chi connectivity index (χ4v) is 5.61. The van der Waals surface area contributed by atoms with E-state index in [0.717, 1.165) is 31.5 Å². The lowest BCUT2D eigenvalue weighted by Gasteiger charge is -2.27. The summed E-state index contributed by atoms with van der Waals surface area (Å²) in [5, 5.41) is 11.6. The van der Waals surface area contributed by atoms with Crippen LogP contribution in [0.15, 0.2) is 29.0 Å². The van der Waals surface area contributed by atoms with Crippen LogP contribution in [0.4, 0.5) is 0 Å². The van der Waals surface area contributed by atoms with Gasteiger partial charge in [0.25, 0.3) is 0 Å². The quantitative estimate of drug-likeness (QED) is 0.831. The number of aromatic nitrogens is 2. The van der Waals surface area contributed by atoms with Gasteiger partial charge in [0.05, 0.1) is 17.2 Å². The Morgan fingerprint density at radius 3 is 2.86 bits per heavy atom. The summed E-state index contributed by atoms with van der Waals surface area (Å²) in [4.78, 5) is 15.3. The van der Waals surface area contributed by atoms with E-state index in [-0.39, 0.29) is 11.9 Å². The number of amides is 1. The number of carbonyl (C=O) groups is 1. The second-order valence-electron chi connectivity index (χ2n) is 9.74. The van der Waals surface area contributed by atoms with E-state index in [0.29, 0.717) is 11.8 Å². The molecule has 2 N–H and O–H groups in total. The van der Waals surface area contributed by atoms with Crippen LogP contribution in [0.1, 0.15) is 56.5 Å². The van der Waals surface area contributed by atoms with Crippen molar-refractivity contribution in [2.24, 2.45) is 17.3 Å². The highest BCUT2D eigenvalue weighted by Gasteiger charge is 2.51. The molecule has 3 heterocycles. The molecular weight excluding hydrogens is 348 g/mol. The predicted octanol–water partition coefficient (Wildman–Crippen LogP) is 3.46. The standard InChI is InChI=1S/C23H28N4O/c1-12-14-5-4-6-15-16-9-19-17(10-18(16)24-20(15)21(14)26-25-12)23(2,3)22(28)27(19)11-13-7-8-13/h9-10,13,16,18,24H,4-8,11H2,1-3H3,(H,25,26). The molecule has 0 bridgehead atoms. The van der Waals surface area contributed by atoms with Gasteiger partial charge in [-0.25, -0.2) is 0 Å². The third kappa shape index (κ3) is 2.13. The number of H-pyrrole nitrogens is 1. The van der Waals surface area contributed by atoms with Crippen molar-refractivity contribution in [3.8, 4) is 0 Å². The minimum atomic E-state index is -0.429. The fraction of sp³-hybridized carbons (Fsp3) is 0.565. The number of nitrogens with one attached hydrogen (secondary N) is 2. The first kappa shape index (κ1) is 16.6.